The maximum atomic E-state index is 12.9. The molecule has 150 valence electrons. The van der Waals surface area contributed by atoms with Crippen LogP contribution in [0.2, 0.25) is 0 Å². The average molecular weight is 432 g/mol. The van der Waals surface area contributed by atoms with Crippen LogP contribution in [0.3, 0.4) is 0 Å². The summed E-state index contributed by atoms with van der Waals surface area (Å²) in [4.78, 5) is 16.5. The number of carbonyl (C=O) groups is 1. The highest BCUT2D eigenvalue weighted by Crippen LogP contribution is 2.36. The van der Waals surface area contributed by atoms with E-state index < -0.39 is 10.8 Å². The second-order valence-electron chi connectivity index (χ2n) is 6.31. The third kappa shape index (κ3) is 4.99. The Morgan fingerprint density at radius 2 is 1.97 bits per heavy atom. The van der Waals surface area contributed by atoms with E-state index in [1.165, 1.54) is 35.6 Å². The van der Waals surface area contributed by atoms with E-state index in [9.17, 15) is 13.4 Å². The van der Waals surface area contributed by atoms with Gasteiger partial charge in [0, 0.05) is 39.6 Å². The largest absolute Gasteiger partial charge is 0.454 e. The van der Waals surface area contributed by atoms with Crippen molar-refractivity contribution in [1.29, 1.82) is 0 Å². The summed E-state index contributed by atoms with van der Waals surface area (Å²) < 4.78 is 35.9. The molecule has 1 amide bonds. The van der Waals surface area contributed by atoms with E-state index in [0.29, 0.717) is 17.2 Å². The molecule has 9 heteroatoms. The molecule has 4 rings (SSSR count). The summed E-state index contributed by atoms with van der Waals surface area (Å²) in [5, 5.41) is 5.34. The molecule has 1 atom stereocenters. The number of nitrogens with zero attached hydrogens (tertiary/aromatic N) is 1. The minimum absolute atomic E-state index is 0.114. The van der Waals surface area contributed by atoms with Crippen LogP contribution in [-0.2, 0) is 21.3 Å². The minimum Gasteiger partial charge on any atom is -0.454 e. The van der Waals surface area contributed by atoms with Gasteiger partial charge in [0.15, 0.2) is 11.5 Å². The molecule has 0 saturated heterocycles. The normalized spacial score (nSPS) is 13.3. The van der Waals surface area contributed by atoms with Crippen molar-refractivity contribution in [3.8, 4) is 22.1 Å². The standard InChI is InChI=1S/C20H17FN2O4S2/c21-14-2-4-15(5-3-14)22-19(24)7-8-29(25)11-16-10-28-20(23-16)13-1-6-17-18(9-13)27-12-26-17/h1-6,9-10H,7-8,11-12H2,(H,22,24). The van der Waals surface area contributed by atoms with E-state index in [1.54, 1.807) is 0 Å². The summed E-state index contributed by atoms with van der Waals surface area (Å²) in [6, 6.07) is 11.1. The highest BCUT2D eigenvalue weighted by atomic mass is 32.2. The summed E-state index contributed by atoms with van der Waals surface area (Å²) in [7, 11) is -1.22. The van der Waals surface area contributed by atoms with Crippen molar-refractivity contribution in [1.82, 2.24) is 4.98 Å². The van der Waals surface area contributed by atoms with Crippen LogP contribution in [0.5, 0.6) is 11.5 Å². The molecule has 0 saturated carbocycles. The average Bonchev–Trinajstić information content (AvgIpc) is 3.37. The summed E-state index contributed by atoms with van der Waals surface area (Å²) in [6.07, 6.45) is 0.114. The molecule has 1 unspecified atom stereocenters. The van der Waals surface area contributed by atoms with Crippen molar-refractivity contribution >= 4 is 33.7 Å². The van der Waals surface area contributed by atoms with Crippen molar-refractivity contribution in [3.05, 3.63) is 59.4 Å². The molecule has 1 N–H and O–H groups in total. The van der Waals surface area contributed by atoms with Crippen molar-refractivity contribution in [2.75, 3.05) is 17.9 Å². The lowest BCUT2D eigenvalue weighted by Gasteiger charge is -2.05. The van der Waals surface area contributed by atoms with Crippen LogP contribution in [0.25, 0.3) is 10.6 Å². The molecule has 6 nitrogen and oxygen atoms in total. The Morgan fingerprint density at radius 1 is 1.17 bits per heavy atom. The van der Waals surface area contributed by atoms with Crippen LogP contribution < -0.4 is 14.8 Å². The number of anilines is 1. The molecule has 0 bridgehead atoms. The minimum atomic E-state index is -1.22. The highest BCUT2D eigenvalue weighted by Gasteiger charge is 2.16. The Bertz CT molecular complexity index is 1050. The first kappa shape index (κ1) is 19.5. The van der Waals surface area contributed by atoms with E-state index in [4.69, 9.17) is 9.47 Å². The Hall–Kier alpha value is -2.78. The monoisotopic (exact) mass is 432 g/mol. The lowest BCUT2D eigenvalue weighted by atomic mass is 10.2. The molecule has 1 aromatic heterocycles. The second kappa shape index (κ2) is 8.71. The highest BCUT2D eigenvalue weighted by molar-refractivity contribution is 7.84. The van der Waals surface area contributed by atoms with E-state index in [1.807, 2.05) is 23.6 Å². The first-order valence-electron chi connectivity index (χ1n) is 8.81. The molecule has 0 aliphatic carbocycles. The molecular formula is C20H17FN2O4S2. The number of thiazole rings is 1. The number of amides is 1. The summed E-state index contributed by atoms with van der Waals surface area (Å²) in [5.74, 6) is 1.28. The summed E-state index contributed by atoms with van der Waals surface area (Å²) >= 11 is 1.47. The fourth-order valence-electron chi connectivity index (χ4n) is 2.74. The molecule has 1 aliphatic rings. The number of aromatic nitrogens is 1. The van der Waals surface area contributed by atoms with Crippen LogP contribution in [0, 0.1) is 5.82 Å². The third-order valence-corrected chi connectivity index (χ3v) is 6.38. The van der Waals surface area contributed by atoms with Gasteiger partial charge in [-0.3, -0.25) is 9.00 Å². The van der Waals surface area contributed by atoms with Gasteiger partial charge >= 0.3 is 0 Å². The van der Waals surface area contributed by atoms with Gasteiger partial charge in [-0.05, 0) is 42.5 Å². The summed E-state index contributed by atoms with van der Waals surface area (Å²) in [6.45, 7) is 0.218. The van der Waals surface area contributed by atoms with Gasteiger partial charge in [0.05, 0.1) is 11.4 Å². The molecule has 0 radical (unpaired) electrons. The van der Waals surface area contributed by atoms with E-state index >= 15 is 0 Å². The lowest BCUT2D eigenvalue weighted by Crippen LogP contribution is -2.15. The van der Waals surface area contributed by atoms with Crippen molar-refractivity contribution in [3.63, 3.8) is 0 Å². The van der Waals surface area contributed by atoms with Crippen molar-refractivity contribution < 1.29 is 22.9 Å². The van der Waals surface area contributed by atoms with Gasteiger partial charge < -0.3 is 14.8 Å². The zero-order chi connectivity index (χ0) is 20.2. The number of nitrogens with one attached hydrogen (secondary N) is 1. The number of hydrogen-bond acceptors (Lipinski definition) is 6. The Labute approximate surface area is 173 Å². The SMILES string of the molecule is O=C(CCS(=O)Cc1csc(-c2ccc3c(c2)OCO3)n1)Nc1ccc(F)cc1. The van der Waals surface area contributed by atoms with Crippen LogP contribution in [0.4, 0.5) is 10.1 Å². The van der Waals surface area contributed by atoms with Crippen LogP contribution in [0.1, 0.15) is 12.1 Å². The topological polar surface area (TPSA) is 77.5 Å². The maximum absolute atomic E-state index is 12.9. The van der Waals surface area contributed by atoms with Gasteiger partial charge in [0.1, 0.15) is 10.8 Å². The molecule has 1 aliphatic heterocycles. The van der Waals surface area contributed by atoms with Crippen LogP contribution >= 0.6 is 11.3 Å². The van der Waals surface area contributed by atoms with E-state index in [0.717, 1.165) is 16.3 Å². The number of ether oxygens (including phenoxy) is 2. The van der Waals surface area contributed by atoms with Gasteiger partial charge in [-0.1, -0.05) is 0 Å². The molecule has 2 aromatic carbocycles. The first-order valence-corrected chi connectivity index (χ1v) is 11.2. The van der Waals surface area contributed by atoms with Crippen LogP contribution in [0.15, 0.2) is 47.8 Å². The molecule has 3 aromatic rings. The molecular weight excluding hydrogens is 415 g/mol. The lowest BCUT2D eigenvalue weighted by molar-refractivity contribution is -0.115. The third-order valence-electron chi connectivity index (χ3n) is 4.16. The first-order chi connectivity index (χ1) is 14.1. The number of rotatable bonds is 7. The molecule has 0 spiro atoms. The molecule has 2 heterocycles. The van der Waals surface area contributed by atoms with Crippen LogP contribution in [-0.4, -0.2) is 27.6 Å². The zero-order valence-electron chi connectivity index (χ0n) is 15.2. The Morgan fingerprint density at radius 3 is 2.79 bits per heavy atom. The molecule has 0 fully saturated rings. The Kier molecular flexibility index (Phi) is 5.86. The van der Waals surface area contributed by atoms with Crippen molar-refractivity contribution in [2.24, 2.45) is 0 Å². The summed E-state index contributed by atoms with van der Waals surface area (Å²) in [5.41, 5.74) is 2.14. The van der Waals surface area contributed by atoms with Gasteiger partial charge in [-0.2, -0.15) is 0 Å². The number of fused-ring (bicyclic) bond motifs is 1. The second-order valence-corrected chi connectivity index (χ2v) is 8.74. The fourth-order valence-corrected chi connectivity index (χ4v) is 4.69. The van der Waals surface area contributed by atoms with E-state index in [2.05, 4.69) is 10.3 Å². The Balaban J connectivity index is 1.29. The van der Waals surface area contributed by atoms with Gasteiger partial charge in [-0.25, -0.2) is 9.37 Å². The number of hydrogen-bond donors (Lipinski definition) is 1. The zero-order valence-corrected chi connectivity index (χ0v) is 16.9. The van der Waals surface area contributed by atoms with Crippen molar-refractivity contribution in [2.45, 2.75) is 12.2 Å². The number of carbonyl (C=O) groups excluding carboxylic acids is 1. The quantitative estimate of drug-likeness (QED) is 0.612. The van der Waals surface area contributed by atoms with Gasteiger partial charge in [0.2, 0.25) is 12.7 Å². The van der Waals surface area contributed by atoms with Gasteiger partial charge in [-0.15, -0.1) is 11.3 Å². The maximum Gasteiger partial charge on any atom is 0.231 e. The van der Waals surface area contributed by atoms with E-state index in [-0.39, 0.29) is 36.4 Å². The smallest absolute Gasteiger partial charge is 0.231 e. The molecule has 29 heavy (non-hydrogen) atoms. The predicted molar refractivity (Wildman–Crippen MR) is 110 cm³/mol. The predicted octanol–water partition coefficient (Wildman–Crippen LogP) is 3.96. The fraction of sp³-hybridized carbons (Fsp3) is 0.200. The number of benzene rings is 2. The number of halogens is 1. The van der Waals surface area contributed by atoms with Gasteiger partial charge in [0.25, 0.3) is 0 Å².